The first-order valence-electron chi connectivity index (χ1n) is 9.02. The fraction of sp³-hybridized carbons (Fsp3) is 0.130. The van der Waals surface area contributed by atoms with E-state index in [0.29, 0.717) is 29.1 Å². The van der Waals surface area contributed by atoms with Gasteiger partial charge >= 0.3 is 0 Å². The summed E-state index contributed by atoms with van der Waals surface area (Å²) in [6.07, 6.45) is 0.864. The minimum Gasteiger partial charge on any atom is -0.326 e. The zero-order valence-corrected chi connectivity index (χ0v) is 16.3. The van der Waals surface area contributed by atoms with Crippen LogP contribution in [0.2, 0.25) is 5.02 Å². The predicted molar refractivity (Wildman–Crippen MR) is 114 cm³/mol. The largest absolute Gasteiger partial charge is 0.326 e. The summed E-state index contributed by atoms with van der Waals surface area (Å²) in [7, 11) is 0. The third-order valence-corrected chi connectivity index (χ3v) is 4.63. The van der Waals surface area contributed by atoms with Crippen LogP contribution in [0, 0.1) is 6.92 Å². The zero-order valence-electron chi connectivity index (χ0n) is 15.5. The zero-order chi connectivity index (χ0) is 19.9. The van der Waals surface area contributed by atoms with Crippen LogP contribution < -0.4 is 10.6 Å². The highest BCUT2D eigenvalue weighted by molar-refractivity contribution is 6.31. The summed E-state index contributed by atoms with van der Waals surface area (Å²) in [6.45, 7) is 1.97. The molecule has 0 aromatic heterocycles. The van der Waals surface area contributed by atoms with E-state index in [9.17, 15) is 9.59 Å². The second-order valence-electron chi connectivity index (χ2n) is 6.54. The second kappa shape index (κ2) is 9.20. The summed E-state index contributed by atoms with van der Waals surface area (Å²) in [5, 5.41) is 6.36. The molecule has 0 saturated heterocycles. The lowest BCUT2D eigenvalue weighted by Crippen LogP contribution is -2.15. The molecule has 3 aromatic carbocycles. The third-order valence-electron chi connectivity index (χ3n) is 4.26. The minimum absolute atomic E-state index is 0.129. The molecule has 0 bridgehead atoms. The van der Waals surface area contributed by atoms with Gasteiger partial charge in [0.2, 0.25) is 5.91 Å². The molecule has 0 fully saturated rings. The highest BCUT2D eigenvalue weighted by Gasteiger charge is 2.09. The molecule has 3 rings (SSSR count). The number of benzene rings is 3. The van der Waals surface area contributed by atoms with Gasteiger partial charge in [-0.3, -0.25) is 9.59 Å². The number of nitrogens with one attached hydrogen (secondary N) is 2. The van der Waals surface area contributed by atoms with Crippen molar-refractivity contribution in [2.45, 2.75) is 19.8 Å². The van der Waals surface area contributed by atoms with Crippen molar-refractivity contribution in [3.05, 3.63) is 94.5 Å². The van der Waals surface area contributed by atoms with Gasteiger partial charge in [0, 0.05) is 28.4 Å². The Hall–Kier alpha value is -3.11. The molecule has 28 heavy (non-hydrogen) atoms. The Balaban J connectivity index is 1.60. The van der Waals surface area contributed by atoms with E-state index in [1.807, 2.05) is 55.5 Å². The molecule has 0 atom stereocenters. The lowest BCUT2D eigenvalue weighted by atomic mass is 10.1. The van der Waals surface area contributed by atoms with Gasteiger partial charge in [0.05, 0.1) is 0 Å². The fourth-order valence-corrected chi connectivity index (χ4v) is 3.07. The van der Waals surface area contributed by atoms with Crippen LogP contribution in [-0.2, 0) is 11.2 Å². The molecule has 0 radical (unpaired) electrons. The predicted octanol–water partition coefficient (Wildman–Crippen LogP) is 5.47. The maximum atomic E-state index is 12.5. The number of rotatable bonds is 6. The molecule has 0 aliphatic rings. The number of carbonyl (C=O) groups is 2. The molecule has 0 saturated carbocycles. The van der Waals surface area contributed by atoms with Crippen LogP contribution in [0.5, 0.6) is 0 Å². The van der Waals surface area contributed by atoms with Crippen LogP contribution in [0.25, 0.3) is 0 Å². The van der Waals surface area contributed by atoms with Crippen molar-refractivity contribution in [2.24, 2.45) is 0 Å². The number of amides is 2. The van der Waals surface area contributed by atoms with Gasteiger partial charge in [0.25, 0.3) is 5.91 Å². The van der Waals surface area contributed by atoms with Crippen LogP contribution in [0.3, 0.4) is 0 Å². The molecular weight excluding hydrogens is 372 g/mol. The quantitative estimate of drug-likeness (QED) is 0.584. The Kier molecular flexibility index (Phi) is 6.45. The minimum atomic E-state index is -0.224. The molecule has 0 aliphatic heterocycles. The molecule has 2 N–H and O–H groups in total. The summed E-state index contributed by atoms with van der Waals surface area (Å²) < 4.78 is 0. The highest BCUT2D eigenvalue weighted by atomic mass is 35.5. The number of aryl methyl sites for hydroxylation is 2. The van der Waals surface area contributed by atoms with Crippen molar-refractivity contribution in [2.75, 3.05) is 10.6 Å². The lowest BCUT2D eigenvalue weighted by Gasteiger charge is -2.09. The Morgan fingerprint density at radius 3 is 2.32 bits per heavy atom. The van der Waals surface area contributed by atoms with E-state index in [0.717, 1.165) is 16.8 Å². The smallest absolute Gasteiger partial charge is 0.255 e. The summed E-state index contributed by atoms with van der Waals surface area (Å²) in [5.74, 6) is -0.353. The fourth-order valence-electron chi connectivity index (χ4n) is 2.84. The Morgan fingerprint density at radius 2 is 1.57 bits per heavy atom. The number of carbonyl (C=O) groups excluding carboxylic acids is 2. The molecular formula is C23H21ClN2O2. The molecule has 142 valence electrons. The van der Waals surface area contributed by atoms with E-state index in [4.69, 9.17) is 11.6 Å². The average molecular weight is 393 g/mol. The van der Waals surface area contributed by atoms with Gasteiger partial charge < -0.3 is 10.6 Å². The van der Waals surface area contributed by atoms with Gasteiger partial charge in [-0.25, -0.2) is 0 Å². The first-order chi connectivity index (χ1) is 13.5. The second-order valence-corrected chi connectivity index (χ2v) is 6.95. The van der Waals surface area contributed by atoms with Crippen molar-refractivity contribution in [3.8, 4) is 0 Å². The first-order valence-corrected chi connectivity index (χ1v) is 9.40. The van der Waals surface area contributed by atoms with Crippen molar-refractivity contribution in [1.29, 1.82) is 0 Å². The van der Waals surface area contributed by atoms with Crippen LogP contribution in [0.4, 0.5) is 11.4 Å². The third kappa shape index (κ3) is 5.44. The summed E-state index contributed by atoms with van der Waals surface area (Å²) in [5.41, 5.74) is 3.80. The van der Waals surface area contributed by atoms with Crippen LogP contribution in [0.1, 0.15) is 27.9 Å². The van der Waals surface area contributed by atoms with Gasteiger partial charge in [-0.2, -0.15) is 0 Å². The molecule has 0 spiro atoms. The molecule has 0 heterocycles. The topological polar surface area (TPSA) is 58.2 Å². The normalized spacial score (nSPS) is 10.4. The molecule has 4 nitrogen and oxygen atoms in total. The van der Waals surface area contributed by atoms with Crippen molar-refractivity contribution >= 4 is 34.8 Å². The number of anilines is 2. The van der Waals surface area contributed by atoms with Crippen LogP contribution in [-0.4, -0.2) is 11.8 Å². The van der Waals surface area contributed by atoms with E-state index >= 15 is 0 Å². The molecule has 0 aliphatic carbocycles. The summed E-state index contributed by atoms with van der Waals surface area (Å²) >= 11 is 6.12. The number of halogens is 1. The van der Waals surface area contributed by atoms with Gasteiger partial charge in [0.15, 0.2) is 0 Å². The lowest BCUT2D eigenvalue weighted by molar-refractivity contribution is -0.116. The molecule has 5 heteroatoms. The van der Waals surface area contributed by atoms with E-state index < -0.39 is 0 Å². The monoisotopic (exact) mass is 392 g/mol. The Morgan fingerprint density at radius 1 is 0.857 bits per heavy atom. The average Bonchev–Trinajstić information content (AvgIpc) is 2.67. The Labute approximate surface area is 169 Å². The van der Waals surface area contributed by atoms with Crippen molar-refractivity contribution in [1.82, 2.24) is 0 Å². The van der Waals surface area contributed by atoms with E-state index in [1.54, 1.807) is 24.3 Å². The first kappa shape index (κ1) is 19.6. The van der Waals surface area contributed by atoms with E-state index in [-0.39, 0.29) is 11.8 Å². The molecule has 2 amide bonds. The van der Waals surface area contributed by atoms with Gasteiger partial charge in [-0.15, -0.1) is 0 Å². The maximum Gasteiger partial charge on any atom is 0.255 e. The van der Waals surface area contributed by atoms with Crippen molar-refractivity contribution < 1.29 is 9.59 Å². The van der Waals surface area contributed by atoms with Crippen LogP contribution >= 0.6 is 11.6 Å². The number of hydrogen-bond donors (Lipinski definition) is 2. The molecule has 0 unspecified atom stereocenters. The molecule has 3 aromatic rings. The summed E-state index contributed by atoms with van der Waals surface area (Å²) in [6, 6.07) is 22.0. The standard InChI is InChI=1S/C23H21ClN2O2/c1-16-6-4-9-19(14-16)26-23(28)18-8-5-10-20(15-18)25-22(27)13-12-17-7-2-3-11-21(17)24/h2-11,14-15H,12-13H2,1H3,(H,25,27)(H,26,28). The van der Waals surface area contributed by atoms with Crippen molar-refractivity contribution in [3.63, 3.8) is 0 Å². The maximum absolute atomic E-state index is 12.5. The Bertz CT molecular complexity index is 1000. The van der Waals surface area contributed by atoms with Crippen LogP contribution in [0.15, 0.2) is 72.8 Å². The number of hydrogen-bond acceptors (Lipinski definition) is 2. The van der Waals surface area contributed by atoms with E-state index in [2.05, 4.69) is 10.6 Å². The van der Waals surface area contributed by atoms with Gasteiger partial charge in [-0.1, -0.05) is 48.0 Å². The van der Waals surface area contributed by atoms with E-state index in [1.165, 1.54) is 0 Å². The summed E-state index contributed by atoms with van der Waals surface area (Å²) in [4.78, 5) is 24.7. The SMILES string of the molecule is Cc1cccc(NC(=O)c2cccc(NC(=O)CCc3ccccc3Cl)c2)c1. The van der Waals surface area contributed by atoms with Gasteiger partial charge in [-0.05, 0) is 60.9 Å². The highest BCUT2D eigenvalue weighted by Crippen LogP contribution is 2.18. The van der Waals surface area contributed by atoms with Gasteiger partial charge in [0.1, 0.15) is 0 Å².